The van der Waals surface area contributed by atoms with Crippen molar-refractivity contribution in [3.05, 3.63) is 71.3 Å². The standard InChI is InChI=1S/C23H28N4O2/c1-26-16-21(19-9-5-6-10-20(19)22(26)28)25-23(29)24-18-11-13-27(14-12-18)15-17-7-3-2-4-8-17/h2-10,18,21H,11-16H2,1H3,(H2,24,25,29). The Morgan fingerprint density at radius 2 is 1.69 bits per heavy atom. The van der Waals surface area contributed by atoms with Crippen molar-refractivity contribution in [2.24, 2.45) is 0 Å². The van der Waals surface area contributed by atoms with Gasteiger partial charge in [0.1, 0.15) is 0 Å². The Morgan fingerprint density at radius 1 is 1.00 bits per heavy atom. The van der Waals surface area contributed by atoms with Gasteiger partial charge in [0.2, 0.25) is 0 Å². The number of amides is 3. The quantitative estimate of drug-likeness (QED) is 0.841. The van der Waals surface area contributed by atoms with Gasteiger partial charge in [-0.15, -0.1) is 0 Å². The molecular formula is C23H28N4O2. The third-order valence-electron chi connectivity index (χ3n) is 5.85. The highest BCUT2D eigenvalue weighted by atomic mass is 16.2. The van der Waals surface area contributed by atoms with Crippen LogP contribution in [-0.2, 0) is 6.54 Å². The van der Waals surface area contributed by atoms with Gasteiger partial charge in [-0.2, -0.15) is 0 Å². The van der Waals surface area contributed by atoms with Gasteiger partial charge in [0.25, 0.3) is 5.91 Å². The van der Waals surface area contributed by atoms with Crippen molar-refractivity contribution < 1.29 is 9.59 Å². The summed E-state index contributed by atoms with van der Waals surface area (Å²) < 4.78 is 0. The molecule has 152 valence electrons. The summed E-state index contributed by atoms with van der Waals surface area (Å²) in [7, 11) is 1.77. The number of piperidine rings is 1. The molecule has 2 aliphatic heterocycles. The maximum absolute atomic E-state index is 12.6. The summed E-state index contributed by atoms with van der Waals surface area (Å²) in [5.41, 5.74) is 2.88. The van der Waals surface area contributed by atoms with Crippen LogP contribution < -0.4 is 10.6 Å². The number of benzene rings is 2. The summed E-state index contributed by atoms with van der Waals surface area (Å²) >= 11 is 0. The van der Waals surface area contributed by atoms with E-state index < -0.39 is 0 Å². The first-order valence-electron chi connectivity index (χ1n) is 10.3. The predicted molar refractivity (Wildman–Crippen MR) is 113 cm³/mol. The van der Waals surface area contributed by atoms with Crippen LogP contribution >= 0.6 is 0 Å². The highest BCUT2D eigenvalue weighted by Crippen LogP contribution is 2.25. The van der Waals surface area contributed by atoms with E-state index in [1.54, 1.807) is 11.9 Å². The summed E-state index contributed by atoms with van der Waals surface area (Å²) in [6, 6.07) is 17.8. The average Bonchev–Trinajstić information content (AvgIpc) is 2.74. The minimum Gasteiger partial charge on any atom is -0.339 e. The number of hydrogen-bond donors (Lipinski definition) is 2. The normalized spacial score (nSPS) is 20.2. The first-order chi connectivity index (χ1) is 14.1. The zero-order valence-electron chi connectivity index (χ0n) is 16.8. The number of rotatable bonds is 4. The SMILES string of the molecule is CN1CC(NC(=O)NC2CCN(Cc3ccccc3)CC2)c2ccccc2C1=O. The van der Waals surface area contributed by atoms with E-state index in [0.29, 0.717) is 12.1 Å². The first-order valence-corrected chi connectivity index (χ1v) is 10.3. The number of carbonyl (C=O) groups is 2. The number of hydrogen-bond acceptors (Lipinski definition) is 3. The van der Waals surface area contributed by atoms with Gasteiger partial charge >= 0.3 is 6.03 Å². The van der Waals surface area contributed by atoms with E-state index in [0.717, 1.165) is 38.0 Å². The molecule has 2 aromatic rings. The van der Waals surface area contributed by atoms with Gasteiger partial charge in [-0.1, -0.05) is 48.5 Å². The first kappa shape index (κ1) is 19.5. The fraction of sp³-hybridized carbons (Fsp3) is 0.391. The summed E-state index contributed by atoms with van der Waals surface area (Å²) in [5, 5.41) is 6.19. The van der Waals surface area contributed by atoms with Crippen molar-refractivity contribution >= 4 is 11.9 Å². The van der Waals surface area contributed by atoms with Crippen LogP contribution in [0.3, 0.4) is 0 Å². The number of likely N-dealkylation sites (tertiary alicyclic amines) is 1. The smallest absolute Gasteiger partial charge is 0.315 e. The monoisotopic (exact) mass is 392 g/mol. The Kier molecular flexibility index (Phi) is 5.81. The zero-order chi connectivity index (χ0) is 20.2. The number of nitrogens with one attached hydrogen (secondary N) is 2. The van der Waals surface area contributed by atoms with Crippen LogP contribution in [0.25, 0.3) is 0 Å². The molecule has 0 aromatic heterocycles. The minimum absolute atomic E-state index is 0.00449. The topological polar surface area (TPSA) is 64.7 Å². The molecule has 1 saturated heterocycles. The molecule has 0 spiro atoms. The second-order valence-corrected chi connectivity index (χ2v) is 7.98. The summed E-state index contributed by atoms with van der Waals surface area (Å²) in [6.45, 7) is 3.39. The summed E-state index contributed by atoms with van der Waals surface area (Å²) in [6.07, 6.45) is 1.89. The molecule has 2 aromatic carbocycles. The lowest BCUT2D eigenvalue weighted by Gasteiger charge is -2.34. The van der Waals surface area contributed by atoms with Gasteiger partial charge in [0.15, 0.2) is 0 Å². The van der Waals surface area contributed by atoms with Gasteiger partial charge in [-0.3, -0.25) is 9.69 Å². The Morgan fingerprint density at radius 3 is 2.45 bits per heavy atom. The largest absolute Gasteiger partial charge is 0.339 e. The maximum atomic E-state index is 12.6. The molecule has 1 fully saturated rings. The second kappa shape index (κ2) is 8.66. The highest BCUT2D eigenvalue weighted by Gasteiger charge is 2.30. The molecular weight excluding hydrogens is 364 g/mol. The fourth-order valence-corrected chi connectivity index (χ4v) is 4.24. The molecule has 2 heterocycles. The molecule has 4 rings (SSSR count). The van der Waals surface area contributed by atoms with Crippen LogP contribution in [0.5, 0.6) is 0 Å². The Balaban J connectivity index is 1.29. The number of likely N-dealkylation sites (N-methyl/N-ethyl adjacent to an activating group) is 1. The number of nitrogens with zero attached hydrogens (tertiary/aromatic N) is 2. The van der Waals surface area contributed by atoms with Crippen LogP contribution in [0.4, 0.5) is 4.79 Å². The molecule has 1 atom stereocenters. The molecule has 6 nitrogen and oxygen atoms in total. The molecule has 6 heteroatoms. The van der Waals surface area contributed by atoms with Gasteiger partial charge in [-0.05, 0) is 30.0 Å². The van der Waals surface area contributed by atoms with Gasteiger partial charge in [-0.25, -0.2) is 4.79 Å². The maximum Gasteiger partial charge on any atom is 0.315 e. The van der Waals surface area contributed by atoms with Crippen LogP contribution in [0.2, 0.25) is 0 Å². The predicted octanol–water partition coefficient (Wildman–Crippen LogP) is 2.78. The van der Waals surface area contributed by atoms with Crippen molar-refractivity contribution in [1.29, 1.82) is 0 Å². The van der Waals surface area contributed by atoms with Gasteiger partial charge < -0.3 is 15.5 Å². The van der Waals surface area contributed by atoms with Gasteiger partial charge in [0, 0.05) is 44.8 Å². The lowest BCUT2D eigenvalue weighted by atomic mass is 9.95. The van der Waals surface area contributed by atoms with Crippen molar-refractivity contribution in [3.8, 4) is 0 Å². The number of urea groups is 1. The van der Waals surface area contributed by atoms with Crippen molar-refractivity contribution in [1.82, 2.24) is 20.4 Å². The lowest BCUT2D eigenvalue weighted by Crippen LogP contribution is -2.51. The van der Waals surface area contributed by atoms with E-state index in [1.807, 2.05) is 30.3 Å². The van der Waals surface area contributed by atoms with Crippen LogP contribution in [0, 0.1) is 0 Å². The minimum atomic E-state index is -0.188. The van der Waals surface area contributed by atoms with E-state index in [1.165, 1.54) is 5.56 Å². The highest BCUT2D eigenvalue weighted by molar-refractivity contribution is 5.97. The third-order valence-corrected chi connectivity index (χ3v) is 5.85. The molecule has 3 amide bonds. The molecule has 1 unspecified atom stereocenters. The van der Waals surface area contributed by atoms with Crippen LogP contribution in [0.15, 0.2) is 54.6 Å². The molecule has 29 heavy (non-hydrogen) atoms. The molecule has 0 aliphatic carbocycles. The van der Waals surface area contributed by atoms with E-state index >= 15 is 0 Å². The number of fused-ring (bicyclic) bond motifs is 1. The van der Waals surface area contributed by atoms with Crippen LogP contribution in [-0.4, -0.2) is 54.5 Å². The summed E-state index contributed by atoms with van der Waals surface area (Å²) in [5.74, 6) is 0.00449. The second-order valence-electron chi connectivity index (χ2n) is 7.98. The molecule has 0 saturated carbocycles. The van der Waals surface area contributed by atoms with E-state index in [2.05, 4.69) is 39.8 Å². The Labute approximate surface area is 171 Å². The van der Waals surface area contributed by atoms with Gasteiger partial charge in [0.05, 0.1) is 6.04 Å². The van der Waals surface area contributed by atoms with E-state index in [-0.39, 0.29) is 24.0 Å². The molecule has 0 bridgehead atoms. The van der Waals surface area contributed by atoms with Crippen molar-refractivity contribution in [3.63, 3.8) is 0 Å². The lowest BCUT2D eigenvalue weighted by molar-refractivity contribution is 0.0758. The third kappa shape index (κ3) is 4.59. The molecule has 2 aliphatic rings. The Bertz CT molecular complexity index is 862. The van der Waals surface area contributed by atoms with E-state index in [4.69, 9.17) is 0 Å². The van der Waals surface area contributed by atoms with Crippen molar-refractivity contribution in [2.45, 2.75) is 31.5 Å². The summed E-state index contributed by atoms with van der Waals surface area (Å²) in [4.78, 5) is 29.0. The average molecular weight is 393 g/mol. The van der Waals surface area contributed by atoms with Crippen molar-refractivity contribution in [2.75, 3.05) is 26.7 Å². The Hall–Kier alpha value is -2.86. The molecule has 0 radical (unpaired) electrons. The van der Waals surface area contributed by atoms with Crippen LogP contribution in [0.1, 0.15) is 40.4 Å². The fourth-order valence-electron chi connectivity index (χ4n) is 4.24. The zero-order valence-corrected chi connectivity index (χ0v) is 16.8. The molecule has 2 N–H and O–H groups in total. The number of carbonyl (C=O) groups excluding carboxylic acids is 2. The van der Waals surface area contributed by atoms with E-state index in [9.17, 15) is 9.59 Å².